The highest BCUT2D eigenvalue weighted by molar-refractivity contribution is 5.84. The molecule has 2 atom stereocenters. The van der Waals surface area contributed by atoms with Gasteiger partial charge < -0.3 is 9.64 Å². The van der Waals surface area contributed by atoms with Gasteiger partial charge in [0.05, 0.1) is 12.2 Å². The van der Waals surface area contributed by atoms with Crippen LogP contribution in [0.5, 0.6) is 0 Å². The lowest BCUT2D eigenvalue weighted by molar-refractivity contribution is -0.133. The summed E-state index contributed by atoms with van der Waals surface area (Å²) in [5.74, 6) is 0.623. The van der Waals surface area contributed by atoms with Crippen molar-refractivity contribution >= 4 is 5.91 Å². The molecule has 2 unspecified atom stereocenters. The van der Waals surface area contributed by atoms with E-state index in [1.54, 1.807) is 0 Å². The second-order valence-corrected chi connectivity index (χ2v) is 6.45. The number of rotatable bonds is 3. The number of amides is 1. The van der Waals surface area contributed by atoms with Crippen LogP contribution in [0.1, 0.15) is 40.5 Å². The lowest BCUT2D eigenvalue weighted by Gasteiger charge is -2.38. The van der Waals surface area contributed by atoms with Gasteiger partial charge in [-0.05, 0) is 31.1 Å². The molecule has 4 nitrogen and oxygen atoms in total. The van der Waals surface area contributed by atoms with Gasteiger partial charge >= 0.3 is 0 Å². The van der Waals surface area contributed by atoms with E-state index >= 15 is 0 Å². The summed E-state index contributed by atoms with van der Waals surface area (Å²) in [4.78, 5) is 14.4. The van der Waals surface area contributed by atoms with Gasteiger partial charge in [0, 0.05) is 19.8 Å². The second-order valence-electron chi connectivity index (χ2n) is 6.45. The maximum absolute atomic E-state index is 12.4. The van der Waals surface area contributed by atoms with E-state index in [0.717, 1.165) is 32.6 Å². The van der Waals surface area contributed by atoms with E-state index in [-0.39, 0.29) is 23.5 Å². The van der Waals surface area contributed by atoms with Crippen LogP contribution in [-0.4, -0.2) is 42.8 Å². The van der Waals surface area contributed by atoms with E-state index in [4.69, 9.17) is 4.74 Å². The Hall–Kier alpha value is -0.610. The topological polar surface area (TPSA) is 41.6 Å². The van der Waals surface area contributed by atoms with Gasteiger partial charge in [0.2, 0.25) is 5.91 Å². The predicted octanol–water partition coefficient (Wildman–Crippen LogP) is 1.61. The molecular formula is C14H26N2O2. The molecule has 2 rings (SSSR count). The number of hydrogen-bond acceptors (Lipinski definition) is 3. The molecule has 0 aromatic heterocycles. The average Bonchev–Trinajstić information content (AvgIpc) is 2.58. The van der Waals surface area contributed by atoms with Gasteiger partial charge in [-0.3, -0.25) is 10.1 Å². The minimum atomic E-state index is -0.0107. The second kappa shape index (κ2) is 5.17. The van der Waals surface area contributed by atoms with Gasteiger partial charge in [0.25, 0.3) is 0 Å². The standard InChI is InChI=1S/C14H26N2O2/c1-10(2)12-13(17)16(11(3)15-12)9-14(4)5-7-18-8-6-14/h10-12,15H,5-9H2,1-4H3. The van der Waals surface area contributed by atoms with Crippen LogP contribution in [-0.2, 0) is 9.53 Å². The molecule has 0 aromatic rings. The Balaban J connectivity index is 2.02. The van der Waals surface area contributed by atoms with Crippen molar-refractivity contribution in [1.82, 2.24) is 10.2 Å². The third-order valence-electron chi connectivity index (χ3n) is 4.36. The van der Waals surface area contributed by atoms with Crippen LogP contribution in [0.4, 0.5) is 0 Å². The number of hydrogen-bond donors (Lipinski definition) is 1. The number of nitrogens with zero attached hydrogens (tertiary/aromatic N) is 1. The molecule has 2 aliphatic rings. The van der Waals surface area contributed by atoms with Crippen LogP contribution >= 0.6 is 0 Å². The fraction of sp³-hybridized carbons (Fsp3) is 0.929. The maximum Gasteiger partial charge on any atom is 0.241 e. The van der Waals surface area contributed by atoms with Crippen LogP contribution in [0.2, 0.25) is 0 Å². The first kappa shape index (κ1) is 13.8. The van der Waals surface area contributed by atoms with Gasteiger partial charge in [-0.25, -0.2) is 0 Å². The van der Waals surface area contributed by atoms with E-state index in [9.17, 15) is 4.79 Å². The first-order valence-electron chi connectivity index (χ1n) is 7.07. The Bertz CT molecular complexity index is 311. The zero-order chi connectivity index (χ0) is 13.3. The quantitative estimate of drug-likeness (QED) is 0.832. The summed E-state index contributed by atoms with van der Waals surface area (Å²) < 4.78 is 5.42. The predicted molar refractivity (Wildman–Crippen MR) is 71.1 cm³/mol. The van der Waals surface area contributed by atoms with Crippen molar-refractivity contribution in [3.05, 3.63) is 0 Å². The van der Waals surface area contributed by atoms with Crippen LogP contribution < -0.4 is 5.32 Å². The normalized spacial score (nSPS) is 32.3. The molecule has 2 fully saturated rings. The third-order valence-corrected chi connectivity index (χ3v) is 4.36. The molecule has 2 heterocycles. The summed E-state index contributed by atoms with van der Waals surface area (Å²) in [5.41, 5.74) is 0.218. The Kier molecular flexibility index (Phi) is 3.97. The minimum absolute atomic E-state index is 0.0107. The Morgan fingerprint density at radius 3 is 2.56 bits per heavy atom. The van der Waals surface area contributed by atoms with E-state index < -0.39 is 0 Å². The number of ether oxygens (including phenoxy) is 1. The van der Waals surface area contributed by atoms with Crippen molar-refractivity contribution in [3.8, 4) is 0 Å². The fourth-order valence-electron chi connectivity index (χ4n) is 2.92. The van der Waals surface area contributed by atoms with E-state index in [1.807, 2.05) is 4.90 Å². The number of nitrogens with one attached hydrogen (secondary N) is 1. The largest absolute Gasteiger partial charge is 0.381 e. The molecule has 0 aromatic carbocycles. The molecule has 0 bridgehead atoms. The third kappa shape index (κ3) is 2.69. The highest BCUT2D eigenvalue weighted by atomic mass is 16.5. The molecule has 0 saturated carbocycles. The molecule has 0 radical (unpaired) electrons. The summed E-state index contributed by atoms with van der Waals surface area (Å²) >= 11 is 0. The van der Waals surface area contributed by atoms with E-state index in [2.05, 4.69) is 33.0 Å². The zero-order valence-corrected chi connectivity index (χ0v) is 12.0. The molecule has 2 aliphatic heterocycles. The first-order valence-corrected chi connectivity index (χ1v) is 7.07. The summed E-state index contributed by atoms with van der Waals surface area (Å²) in [7, 11) is 0. The van der Waals surface area contributed by atoms with Gasteiger partial charge in [0.15, 0.2) is 0 Å². The Morgan fingerprint density at radius 2 is 2.06 bits per heavy atom. The van der Waals surface area contributed by atoms with Crippen LogP contribution in [0.25, 0.3) is 0 Å². The summed E-state index contributed by atoms with van der Waals surface area (Å²) in [6.07, 6.45) is 2.26. The molecule has 1 amide bonds. The van der Waals surface area contributed by atoms with Crippen molar-refractivity contribution in [2.45, 2.75) is 52.7 Å². The maximum atomic E-state index is 12.4. The lowest BCUT2D eigenvalue weighted by Crippen LogP contribution is -2.44. The van der Waals surface area contributed by atoms with Crippen molar-refractivity contribution < 1.29 is 9.53 Å². The summed E-state index contributed by atoms with van der Waals surface area (Å²) in [6, 6.07) is -0.0107. The molecular weight excluding hydrogens is 228 g/mol. The molecule has 4 heteroatoms. The number of carbonyl (C=O) groups excluding carboxylic acids is 1. The van der Waals surface area contributed by atoms with Crippen molar-refractivity contribution in [3.63, 3.8) is 0 Å². The van der Waals surface area contributed by atoms with E-state index in [1.165, 1.54) is 0 Å². The van der Waals surface area contributed by atoms with Gasteiger partial charge in [-0.1, -0.05) is 20.8 Å². The molecule has 104 valence electrons. The lowest BCUT2D eigenvalue weighted by atomic mass is 9.82. The van der Waals surface area contributed by atoms with Crippen LogP contribution in [0, 0.1) is 11.3 Å². The van der Waals surface area contributed by atoms with Crippen molar-refractivity contribution in [2.24, 2.45) is 11.3 Å². The van der Waals surface area contributed by atoms with E-state index in [0.29, 0.717) is 5.92 Å². The molecule has 1 N–H and O–H groups in total. The molecule has 18 heavy (non-hydrogen) atoms. The molecule has 0 spiro atoms. The SMILES string of the molecule is CC(C)C1NC(C)N(CC2(C)CCOCC2)C1=O. The van der Waals surface area contributed by atoms with Crippen LogP contribution in [0.3, 0.4) is 0 Å². The minimum Gasteiger partial charge on any atom is -0.381 e. The van der Waals surface area contributed by atoms with Crippen molar-refractivity contribution in [2.75, 3.05) is 19.8 Å². The summed E-state index contributed by atoms with van der Waals surface area (Å²) in [5, 5.41) is 3.41. The highest BCUT2D eigenvalue weighted by Gasteiger charge is 2.41. The first-order chi connectivity index (χ1) is 8.43. The molecule has 2 saturated heterocycles. The molecule has 0 aliphatic carbocycles. The fourth-order valence-corrected chi connectivity index (χ4v) is 2.92. The summed E-state index contributed by atoms with van der Waals surface area (Å²) in [6.45, 7) is 11.1. The Morgan fingerprint density at radius 1 is 1.44 bits per heavy atom. The van der Waals surface area contributed by atoms with Gasteiger partial charge in [-0.15, -0.1) is 0 Å². The zero-order valence-electron chi connectivity index (χ0n) is 12.0. The van der Waals surface area contributed by atoms with Crippen molar-refractivity contribution in [1.29, 1.82) is 0 Å². The Labute approximate surface area is 110 Å². The van der Waals surface area contributed by atoms with Crippen LogP contribution in [0.15, 0.2) is 0 Å². The monoisotopic (exact) mass is 254 g/mol. The number of carbonyl (C=O) groups is 1. The van der Waals surface area contributed by atoms with Gasteiger partial charge in [0.1, 0.15) is 0 Å². The highest BCUT2D eigenvalue weighted by Crippen LogP contribution is 2.32. The smallest absolute Gasteiger partial charge is 0.241 e. The average molecular weight is 254 g/mol. The van der Waals surface area contributed by atoms with Gasteiger partial charge in [-0.2, -0.15) is 0 Å².